The number of allylic oxidation sites excluding steroid dienone is 1. The molecule has 0 spiro atoms. The maximum Gasteiger partial charge on any atom is 0.0273 e. The lowest BCUT2D eigenvalue weighted by molar-refractivity contribution is 0.0651. The molecule has 2 nitrogen and oxygen atoms in total. The molecule has 1 fully saturated rings. The highest BCUT2D eigenvalue weighted by Crippen LogP contribution is 2.26. The van der Waals surface area contributed by atoms with Gasteiger partial charge in [0, 0.05) is 31.7 Å². The molecular weight excluding hydrogens is 196 g/mol. The standard InChI is InChI=1S/C14H28N2/c1-6-8-9-16-11-12(7-2)15-10-13(16)14(3,4)5/h6,8,12-13,15H,7,9-11H2,1-5H3/b8-6+. The SMILES string of the molecule is C/C=C/CN1CC(CC)NCC1C(C)(C)C. The fourth-order valence-electron chi connectivity index (χ4n) is 2.45. The van der Waals surface area contributed by atoms with Crippen LogP contribution in [0.25, 0.3) is 0 Å². The summed E-state index contributed by atoms with van der Waals surface area (Å²) in [4.78, 5) is 2.63. The summed E-state index contributed by atoms with van der Waals surface area (Å²) in [6.45, 7) is 14.8. The fourth-order valence-corrected chi connectivity index (χ4v) is 2.45. The topological polar surface area (TPSA) is 15.3 Å². The fraction of sp³-hybridized carbons (Fsp3) is 0.857. The van der Waals surface area contributed by atoms with E-state index in [2.05, 4.69) is 57.0 Å². The molecule has 1 N–H and O–H groups in total. The molecule has 1 saturated heterocycles. The minimum Gasteiger partial charge on any atom is -0.311 e. The molecule has 0 saturated carbocycles. The van der Waals surface area contributed by atoms with Gasteiger partial charge in [-0.1, -0.05) is 39.8 Å². The molecule has 1 rings (SSSR count). The van der Waals surface area contributed by atoms with Gasteiger partial charge in [-0.2, -0.15) is 0 Å². The molecule has 0 aromatic heterocycles. The first kappa shape index (κ1) is 13.7. The normalized spacial score (nSPS) is 28.8. The molecule has 2 atom stereocenters. The maximum atomic E-state index is 3.67. The zero-order valence-electron chi connectivity index (χ0n) is 11.6. The van der Waals surface area contributed by atoms with Crippen LogP contribution in [0, 0.1) is 5.41 Å². The first-order valence-corrected chi connectivity index (χ1v) is 6.57. The van der Waals surface area contributed by atoms with E-state index < -0.39 is 0 Å². The van der Waals surface area contributed by atoms with Gasteiger partial charge in [0.05, 0.1) is 0 Å². The van der Waals surface area contributed by atoms with Crippen molar-refractivity contribution in [3.63, 3.8) is 0 Å². The van der Waals surface area contributed by atoms with Crippen molar-refractivity contribution in [3.8, 4) is 0 Å². The smallest absolute Gasteiger partial charge is 0.0273 e. The predicted octanol–water partition coefficient (Wildman–Crippen LogP) is 2.66. The molecule has 94 valence electrons. The number of nitrogens with one attached hydrogen (secondary N) is 1. The summed E-state index contributed by atoms with van der Waals surface area (Å²) >= 11 is 0. The Balaban J connectivity index is 2.67. The van der Waals surface area contributed by atoms with E-state index in [-0.39, 0.29) is 0 Å². The van der Waals surface area contributed by atoms with E-state index in [0.717, 1.165) is 13.1 Å². The molecule has 0 bridgehead atoms. The summed E-state index contributed by atoms with van der Waals surface area (Å²) in [5, 5.41) is 3.67. The molecule has 16 heavy (non-hydrogen) atoms. The number of piperazine rings is 1. The summed E-state index contributed by atoms with van der Waals surface area (Å²) in [5.41, 5.74) is 0.354. The third kappa shape index (κ3) is 3.60. The van der Waals surface area contributed by atoms with Crippen LogP contribution in [-0.4, -0.2) is 36.6 Å². The zero-order valence-corrected chi connectivity index (χ0v) is 11.6. The van der Waals surface area contributed by atoms with E-state index in [1.165, 1.54) is 13.0 Å². The Morgan fingerprint density at radius 1 is 1.38 bits per heavy atom. The van der Waals surface area contributed by atoms with E-state index in [1.54, 1.807) is 0 Å². The molecule has 1 aliphatic heterocycles. The summed E-state index contributed by atoms with van der Waals surface area (Å²) in [7, 11) is 0. The molecule has 0 aliphatic carbocycles. The second-order valence-electron chi connectivity index (χ2n) is 5.92. The average Bonchev–Trinajstić information content (AvgIpc) is 2.24. The average molecular weight is 224 g/mol. The molecule has 0 aromatic carbocycles. The molecule has 2 heteroatoms. The first-order valence-electron chi connectivity index (χ1n) is 6.57. The van der Waals surface area contributed by atoms with Crippen molar-refractivity contribution in [1.82, 2.24) is 10.2 Å². The van der Waals surface area contributed by atoms with Crippen LogP contribution in [0.2, 0.25) is 0 Å². The van der Waals surface area contributed by atoms with Crippen molar-refractivity contribution in [2.45, 2.75) is 53.1 Å². The number of nitrogens with zero attached hydrogens (tertiary/aromatic N) is 1. The van der Waals surface area contributed by atoms with Gasteiger partial charge >= 0.3 is 0 Å². The first-order chi connectivity index (χ1) is 7.49. The number of rotatable bonds is 3. The largest absolute Gasteiger partial charge is 0.311 e. The van der Waals surface area contributed by atoms with Crippen LogP contribution < -0.4 is 5.32 Å². The summed E-state index contributed by atoms with van der Waals surface area (Å²) in [5.74, 6) is 0. The Morgan fingerprint density at radius 3 is 2.56 bits per heavy atom. The van der Waals surface area contributed by atoms with E-state index in [0.29, 0.717) is 17.5 Å². The van der Waals surface area contributed by atoms with Crippen LogP contribution >= 0.6 is 0 Å². The van der Waals surface area contributed by atoms with Gasteiger partial charge < -0.3 is 5.32 Å². The monoisotopic (exact) mass is 224 g/mol. The number of hydrogen-bond acceptors (Lipinski definition) is 2. The minimum absolute atomic E-state index is 0.354. The quantitative estimate of drug-likeness (QED) is 0.741. The Morgan fingerprint density at radius 2 is 2.06 bits per heavy atom. The lowest BCUT2D eigenvalue weighted by Crippen LogP contribution is -2.60. The van der Waals surface area contributed by atoms with Crippen molar-refractivity contribution >= 4 is 0 Å². The van der Waals surface area contributed by atoms with Crippen molar-refractivity contribution < 1.29 is 0 Å². The van der Waals surface area contributed by atoms with E-state index in [4.69, 9.17) is 0 Å². The van der Waals surface area contributed by atoms with Gasteiger partial charge in [0.15, 0.2) is 0 Å². The maximum absolute atomic E-state index is 3.67. The Kier molecular flexibility index (Phi) is 5.00. The predicted molar refractivity (Wildman–Crippen MR) is 71.7 cm³/mol. The number of hydrogen-bond donors (Lipinski definition) is 1. The van der Waals surface area contributed by atoms with Gasteiger partial charge in [0.25, 0.3) is 0 Å². The Labute approximate surface area is 101 Å². The highest BCUT2D eigenvalue weighted by Gasteiger charge is 2.34. The lowest BCUT2D eigenvalue weighted by atomic mass is 9.83. The molecule has 1 aliphatic rings. The second kappa shape index (κ2) is 5.83. The molecule has 2 unspecified atom stereocenters. The highest BCUT2D eigenvalue weighted by atomic mass is 15.2. The van der Waals surface area contributed by atoms with Gasteiger partial charge in [-0.3, -0.25) is 4.90 Å². The van der Waals surface area contributed by atoms with Crippen molar-refractivity contribution in [1.29, 1.82) is 0 Å². The van der Waals surface area contributed by atoms with Crippen molar-refractivity contribution in [3.05, 3.63) is 12.2 Å². The van der Waals surface area contributed by atoms with Crippen LogP contribution in [0.4, 0.5) is 0 Å². The molecule has 0 radical (unpaired) electrons. The summed E-state index contributed by atoms with van der Waals surface area (Å²) in [6.07, 6.45) is 5.66. The van der Waals surface area contributed by atoms with Crippen LogP contribution in [0.5, 0.6) is 0 Å². The van der Waals surface area contributed by atoms with Crippen LogP contribution in [-0.2, 0) is 0 Å². The molecule has 1 heterocycles. The third-order valence-corrected chi connectivity index (χ3v) is 3.56. The second-order valence-corrected chi connectivity index (χ2v) is 5.92. The van der Waals surface area contributed by atoms with Gasteiger partial charge in [-0.15, -0.1) is 0 Å². The van der Waals surface area contributed by atoms with Crippen molar-refractivity contribution in [2.24, 2.45) is 5.41 Å². The van der Waals surface area contributed by atoms with E-state index >= 15 is 0 Å². The highest BCUT2D eigenvalue weighted by molar-refractivity contribution is 4.95. The van der Waals surface area contributed by atoms with Crippen molar-refractivity contribution in [2.75, 3.05) is 19.6 Å². The summed E-state index contributed by atoms with van der Waals surface area (Å²) in [6, 6.07) is 1.32. The van der Waals surface area contributed by atoms with Crippen LogP contribution in [0.3, 0.4) is 0 Å². The molecule has 0 amide bonds. The van der Waals surface area contributed by atoms with E-state index in [1.807, 2.05) is 0 Å². The van der Waals surface area contributed by atoms with Crippen LogP contribution in [0.1, 0.15) is 41.0 Å². The molecular formula is C14H28N2. The van der Waals surface area contributed by atoms with Gasteiger partial charge in [-0.05, 0) is 18.8 Å². The van der Waals surface area contributed by atoms with Gasteiger partial charge in [0.2, 0.25) is 0 Å². The van der Waals surface area contributed by atoms with Gasteiger partial charge in [-0.25, -0.2) is 0 Å². The molecule has 0 aromatic rings. The third-order valence-electron chi connectivity index (χ3n) is 3.56. The van der Waals surface area contributed by atoms with Gasteiger partial charge in [0.1, 0.15) is 0 Å². The minimum atomic E-state index is 0.354. The Hall–Kier alpha value is -0.340. The Bertz CT molecular complexity index is 227. The lowest BCUT2D eigenvalue weighted by Gasteiger charge is -2.46. The van der Waals surface area contributed by atoms with E-state index in [9.17, 15) is 0 Å². The van der Waals surface area contributed by atoms with Crippen LogP contribution in [0.15, 0.2) is 12.2 Å². The zero-order chi connectivity index (χ0) is 12.2. The summed E-state index contributed by atoms with van der Waals surface area (Å²) < 4.78 is 0.